The summed E-state index contributed by atoms with van der Waals surface area (Å²) in [5.74, 6) is 0.118. The molecular weight excluding hydrogens is 354 g/mol. The number of hydrogen-bond acceptors (Lipinski definition) is 5. The van der Waals surface area contributed by atoms with Crippen molar-refractivity contribution in [3.8, 4) is 0 Å². The van der Waals surface area contributed by atoms with E-state index in [-0.39, 0.29) is 17.5 Å². The number of carbonyl (C=O) groups excluding carboxylic acids is 2. The van der Waals surface area contributed by atoms with Crippen molar-refractivity contribution in [1.82, 2.24) is 10.2 Å². The molecule has 0 saturated heterocycles. The Bertz CT molecular complexity index is 925. The molecule has 0 aliphatic heterocycles. The molecule has 7 nitrogen and oxygen atoms in total. The van der Waals surface area contributed by atoms with Crippen molar-refractivity contribution in [1.29, 1.82) is 0 Å². The normalized spacial score (nSPS) is 10.2. The second-order valence-electron chi connectivity index (χ2n) is 6.18. The Hall–Kier alpha value is -3.74. The van der Waals surface area contributed by atoms with Crippen molar-refractivity contribution in [2.24, 2.45) is 0 Å². The lowest BCUT2D eigenvalue weighted by molar-refractivity contribution is -0.114. The third kappa shape index (κ3) is 5.63. The van der Waals surface area contributed by atoms with Crippen LogP contribution in [0.15, 0.2) is 66.7 Å². The van der Waals surface area contributed by atoms with Crippen molar-refractivity contribution < 1.29 is 9.59 Å². The quantitative estimate of drug-likeness (QED) is 0.589. The highest BCUT2D eigenvalue weighted by atomic mass is 16.2. The molecule has 0 aliphatic carbocycles. The van der Waals surface area contributed by atoms with Gasteiger partial charge in [0.05, 0.1) is 0 Å². The number of aromatic nitrogens is 2. The van der Waals surface area contributed by atoms with Gasteiger partial charge < -0.3 is 16.0 Å². The van der Waals surface area contributed by atoms with Gasteiger partial charge in [0.15, 0.2) is 5.69 Å². The molecule has 0 saturated carbocycles. The van der Waals surface area contributed by atoms with Gasteiger partial charge in [0.2, 0.25) is 5.91 Å². The van der Waals surface area contributed by atoms with Crippen molar-refractivity contribution >= 4 is 29.0 Å². The summed E-state index contributed by atoms with van der Waals surface area (Å²) in [6, 6.07) is 20.3. The van der Waals surface area contributed by atoms with E-state index in [1.165, 1.54) is 12.5 Å². The second kappa shape index (κ2) is 9.27. The maximum Gasteiger partial charge on any atom is 0.276 e. The first-order chi connectivity index (χ1) is 13.6. The molecule has 0 spiro atoms. The maximum absolute atomic E-state index is 12.3. The van der Waals surface area contributed by atoms with Crippen LogP contribution in [0.4, 0.5) is 17.2 Å². The summed E-state index contributed by atoms with van der Waals surface area (Å²) in [5, 5.41) is 16.6. The molecule has 142 valence electrons. The van der Waals surface area contributed by atoms with E-state index in [0.29, 0.717) is 17.2 Å². The minimum Gasteiger partial charge on any atom is -0.368 e. The summed E-state index contributed by atoms with van der Waals surface area (Å²) >= 11 is 0. The second-order valence-corrected chi connectivity index (χ2v) is 6.18. The fourth-order valence-corrected chi connectivity index (χ4v) is 2.56. The van der Waals surface area contributed by atoms with Crippen LogP contribution < -0.4 is 16.0 Å². The maximum atomic E-state index is 12.3. The van der Waals surface area contributed by atoms with Crippen molar-refractivity contribution in [3.63, 3.8) is 0 Å². The third-order valence-corrected chi connectivity index (χ3v) is 3.92. The summed E-state index contributed by atoms with van der Waals surface area (Å²) in [4.78, 5) is 23.3. The van der Waals surface area contributed by atoms with E-state index in [4.69, 9.17) is 0 Å². The largest absolute Gasteiger partial charge is 0.368 e. The molecule has 3 aromatic rings. The minimum absolute atomic E-state index is 0.149. The van der Waals surface area contributed by atoms with Crippen LogP contribution in [0.5, 0.6) is 0 Å². The van der Waals surface area contributed by atoms with Crippen LogP contribution in [0.25, 0.3) is 0 Å². The lowest BCUT2D eigenvalue weighted by atomic mass is 10.1. The Morgan fingerprint density at radius 1 is 0.821 bits per heavy atom. The highest BCUT2D eigenvalue weighted by Gasteiger charge is 2.09. The summed E-state index contributed by atoms with van der Waals surface area (Å²) in [7, 11) is 0. The average molecular weight is 375 g/mol. The van der Waals surface area contributed by atoms with Crippen LogP contribution in [-0.2, 0) is 11.2 Å². The van der Waals surface area contributed by atoms with Crippen molar-refractivity contribution in [2.45, 2.75) is 13.3 Å². The summed E-state index contributed by atoms with van der Waals surface area (Å²) in [6.07, 6.45) is 0.874. The summed E-state index contributed by atoms with van der Waals surface area (Å²) in [5.41, 5.74) is 2.73. The predicted octanol–water partition coefficient (Wildman–Crippen LogP) is 3.34. The minimum atomic E-state index is -0.351. The average Bonchev–Trinajstić information content (AvgIpc) is 2.70. The zero-order valence-electron chi connectivity index (χ0n) is 15.5. The van der Waals surface area contributed by atoms with Crippen LogP contribution in [-0.4, -0.2) is 28.6 Å². The van der Waals surface area contributed by atoms with E-state index in [1.54, 1.807) is 36.4 Å². The molecule has 0 atom stereocenters. The molecule has 2 amide bonds. The topological polar surface area (TPSA) is 96.0 Å². The van der Waals surface area contributed by atoms with Gasteiger partial charge in [-0.2, -0.15) is 0 Å². The van der Waals surface area contributed by atoms with Gasteiger partial charge >= 0.3 is 0 Å². The third-order valence-electron chi connectivity index (χ3n) is 3.92. The lowest BCUT2D eigenvalue weighted by Gasteiger charge is -2.08. The van der Waals surface area contributed by atoms with Gasteiger partial charge in [0, 0.05) is 24.8 Å². The molecule has 7 heteroatoms. The molecule has 0 radical (unpaired) electrons. The lowest BCUT2D eigenvalue weighted by Crippen LogP contribution is -2.15. The number of amides is 2. The fourth-order valence-electron chi connectivity index (χ4n) is 2.56. The smallest absolute Gasteiger partial charge is 0.276 e. The number of hydrogen-bond donors (Lipinski definition) is 3. The molecular formula is C21H21N5O2. The Morgan fingerprint density at radius 2 is 1.50 bits per heavy atom. The molecule has 0 aliphatic rings. The van der Waals surface area contributed by atoms with Crippen LogP contribution in [0.3, 0.4) is 0 Å². The first-order valence-corrected chi connectivity index (χ1v) is 8.91. The van der Waals surface area contributed by atoms with E-state index in [1.807, 2.05) is 18.2 Å². The van der Waals surface area contributed by atoms with Gasteiger partial charge in [0.1, 0.15) is 5.82 Å². The standard InChI is InChI=1S/C21H21N5O2/c1-15(27)23-17-7-9-18(10-8-17)24-21(28)19-11-12-20(26-25-19)22-14-13-16-5-3-2-4-6-16/h2-12H,13-14H2,1H3,(H,22,26)(H,23,27)(H,24,28). The number of rotatable bonds is 7. The molecule has 2 aromatic carbocycles. The Balaban J connectivity index is 1.51. The molecule has 3 N–H and O–H groups in total. The zero-order valence-corrected chi connectivity index (χ0v) is 15.5. The monoisotopic (exact) mass is 375 g/mol. The molecule has 0 unspecified atom stereocenters. The molecule has 0 fully saturated rings. The molecule has 28 heavy (non-hydrogen) atoms. The van der Waals surface area contributed by atoms with Crippen LogP contribution in [0.2, 0.25) is 0 Å². The van der Waals surface area contributed by atoms with Crippen molar-refractivity contribution in [2.75, 3.05) is 22.5 Å². The van der Waals surface area contributed by atoms with E-state index < -0.39 is 0 Å². The first kappa shape index (κ1) is 19.0. The highest BCUT2D eigenvalue weighted by Crippen LogP contribution is 2.14. The Morgan fingerprint density at radius 3 is 2.11 bits per heavy atom. The Labute approximate surface area is 163 Å². The predicted molar refractivity (Wildman–Crippen MR) is 109 cm³/mol. The summed E-state index contributed by atoms with van der Waals surface area (Å²) in [6.45, 7) is 2.17. The first-order valence-electron chi connectivity index (χ1n) is 8.91. The highest BCUT2D eigenvalue weighted by molar-refractivity contribution is 6.03. The van der Waals surface area contributed by atoms with E-state index in [0.717, 1.165) is 13.0 Å². The van der Waals surface area contributed by atoms with E-state index >= 15 is 0 Å². The molecule has 0 bridgehead atoms. The number of nitrogens with one attached hydrogen (secondary N) is 3. The summed E-state index contributed by atoms with van der Waals surface area (Å²) < 4.78 is 0. The van der Waals surface area contributed by atoms with Crippen LogP contribution in [0, 0.1) is 0 Å². The molecule has 1 aromatic heterocycles. The van der Waals surface area contributed by atoms with Crippen LogP contribution >= 0.6 is 0 Å². The fraction of sp³-hybridized carbons (Fsp3) is 0.143. The molecule has 3 rings (SSSR count). The van der Waals surface area contributed by atoms with Gasteiger partial charge in [-0.1, -0.05) is 30.3 Å². The molecule has 1 heterocycles. The SMILES string of the molecule is CC(=O)Nc1ccc(NC(=O)c2ccc(NCCc3ccccc3)nn2)cc1. The Kier molecular flexibility index (Phi) is 6.30. The van der Waals surface area contributed by atoms with E-state index in [9.17, 15) is 9.59 Å². The van der Waals surface area contributed by atoms with Gasteiger partial charge in [-0.25, -0.2) is 0 Å². The number of benzene rings is 2. The van der Waals surface area contributed by atoms with Gasteiger partial charge in [-0.15, -0.1) is 10.2 Å². The zero-order chi connectivity index (χ0) is 19.8. The van der Waals surface area contributed by atoms with Gasteiger partial charge in [-0.05, 0) is 48.4 Å². The number of carbonyl (C=O) groups is 2. The number of nitrogens with zero attached hydrogens (tertiary/aromatic N) is 2. The van der Waals surface area contributed by atoms with Gasteiger partial charge in [0.25, 0.3) is 5.91 Å². The van der Waals surface area contributed by atoms with E-state index in [2.05, 4.69) is 38.3 Å². The van der Waals surface area contributed by atoms with Crippen molar-refractivity contribution in [3.05, 3.63) is 78.0 Å². The van der Waals surface area contributed by atoms with Gasteiger partial charge in [-0.3, -0.25) is 9.59 Å². The van der Waals surface area contributed by atoms with Crippen LogP contribution in [0.1, 0.15) is 23.0 Å². The number of anilines is 3.